The summed E-state index contributed by atoms with van der Waals surface area (Å²) in [5.41, 5.74) is 4.48. The van der Waals surface area contributed by atoms with Gasteiger partial charge in [-0.1, -0.05) is 37.3 Å². The Kier molecular flexibility index (Phi) is 3.62. The van der Waals surface area contributed by atoms with Gasteiger partial charge in [0.1, 0.15) is 5.65 Å². The number of benzene rings is 2. The van der Waals surface area contributed by atoms with E-state index >= 15 is 0 Å². The van der Waals surface area contributed by atoms with Crippen molar-refractivity contribution in [3.8, 4) is 11.3 Å². The topological polar surface area (TPSA) is 62.8 Å². The zero-order valence-electron chi connectivity index (χ0n) is 14.1. The largest absolute Gasteiger partial charge is 0.339 e. The van der Waals surface area contributed by atoms with Crippen molar-refractivity contribution in [2.24, 2.45) is 0 Å². The number of sulfone groups is 1. The van der Waals surface area contributed by atoms with Crippen LogP contribution in [0.1, 0.15) is 12.5 Å². The average molecular weight is 350 g/mol. The molecule has 0 bridgehead atoms. The third kappa shape index (κ3) is 2.61. The van der Waals surface area contributed by atoms with Gasteiger partial charge in [-0.3, -0.25) is 0 Å². The minimum Gasteiger partial charge on any atom is -0.339 e. The first kappa shape index (κ1) is 15.8. The van der Waals surface area contributed by atoms with Gasteiger partial charge in [-0.05, 0) is 36.8 Å². The molecule has 1 N–H and O–H groups in total. The average Bonchev–Trinajstić information content (AvgIpc) is 2.99. The molecule has 2 aromatic heterocycles. The standard InChI is InChI=1S/C20H18N2O2S/c1-3-25(23,24)15-8-6-7-14(12-15)19-13(2)11-17-16-9-4-5-10-18(16)21-20(17)22-19/h4-12H,3H2,1-2H3,(H,21,22). The molecule has 126 valence electrons. The number of nitrogens with zero attached hydrogens (tertiary/aromatic N) is 1. The second-order valence-electron chi connectivity index (χ2n) is 6.15. The van der Waals surface area contributed by atoms with Crippen LogP contribution in [0.15, 0.2) is 59.5 Å². The van der Waals surface area contributed by atoms with Gasteiger partial charge in [0.05, 0.1) is 16.3 Å². The van der Waals surface area contributed by atoms with Gasteiger partial charge >= 0.3 is 0 Å². The molecule has 0 aliphatic rings. The minimum absolute atomic E-state index is 0.0872. The van der Waals surface area contributed by atoms with E-state index in [2.05, 4.69) is 17.1 Å². The van der Waals surface area contributed by atoms with Gasteiger partial charge in [0.25, 0.3) is 0 Å². The predicted molar refractivity (Wildman–Crippen MR) is 101 cm³/mol. The molecule has 2 aromatic carbocycles. The normalized spacial score (nSPS) is 12.1. The fourth-order valence-electron chi connectivity index (χ4n) is 3.16. The summed E-state index contributed by atoms with van der Waals surface area (Å²) >= 11 is 0. The lowest BCUT2D eigenvalue weighted by Gasteiger charge is -2.08. The first-order valence-corrected chi connectivity index (χ1v) is 9.86. The molecule has 25 heavy (non-hydrogen) atoms. The van der Waals surface area contributed by atoms with Crippen LogP contribution in [0.25, 0.3) is 33.2 Å². The van der Waals surface area contributed by atoms with Crippen LogP contribution < -0.4 is 0 Å². The molecule has 0 unspecified atom stereocenters. The molecule has 0 saturated heterocycles. The van der Waals surface area contributed by atoms with E-state index in [4.69, 9.17) is 4.98 Å². The summed E-state index contributed by atoms with van der Waals surface area (Å²) in [6, 6.07) is 17.2. The van der Waals surface area contributed by atoms with Crippen LogP contribution in [0, 0.1) is 6.92 Å². The number of pyridine rings is 1. The molecule has 0 aliphatic carbocycles. The van der Waals surface area contributed by atoms with E-state index < -0.39 is 9.84 Å². The fraction of sp³-hybridized carbons (Fsp3) is 0.150. The SMILES string of the molecule is CCS(=O)(=O)c1cccc(-c2nc3[nH]c4ccccc4c3cc2C)c1. The number of hydrogen-bond acceptors (Lipinski definition) is 3. The van der Waals surface area contributed by atoms with Crippen LogP contribution >= 0.6 is 0 Å². The highest BCUT2D eigenvalue weighted by molar-refractivity contribution is 7.91. The highest BCUT2D eigenvalue weighted by atomic mass is 32.2. The van der Waals surface area contributed by atoms with E-state index in [0.29, 0.717) is 4.90 Å². The monoisotopic (exact) mass is 350 g/mol. The zero-order chi connectivity index (χ0) is 17.6. The number of aromatic amines is 1. The molecule has 0 amide bonds. The first-order valence-electron chi connectivity index (χ1n) is 8.21. The summed E-state index contributed by atoms with van der Waals surface area (Å²) < 4.78 is 24.3. The number of hydrogen-bond donors (Lipinski definition) is 1. The van der Waals surface area contributed by atoms with Crippen LogP contribution in [-0.2, 0) is 9.84 Å². The number of aryl methyl sites for hydroxylation is 1. The van der Waals surface area contributed by atoms with E-state index in [1.807, 2.05) is 31.2 Å². The van der Waals surface area contributed by atoms with Gasteiger partial charge in [-0.25, -0.2) is 13.4 Å². The highest BCUT2D eigenvalue weighted by Gasteiger charge is 2.15. The molecule has 4 aromatic rings. The summed E-state index contributed by atoms with van der Waals surface area (Å²) in [4.78, 5) is 8.46. The van der Waals surface area contributed by atoms with Gasteiger partial charge in [0, 0.05) is 21.9 Å². The Morgan fingerprint density at radius 1 is 1.00 bits per heavy atom. The molecule has 0 aliphatic heterocycles. The van der Waals surface area contributed by atoms with E-state index in [1.165, 1.54) is 0 Å². The van der Waals surface area contributed by atoms with Crippen LogP contribution in [-0.4, -0.2) is 24.1 Å². The van der Waals surface area contributed by atoms with E-state index in [0.717, 1.165) is 38.8 Å². The van der Waals surface area contributed by atoms with Gasteiger partial charge in [-0.2, -0.15) is 0 Å². The Hall–Kier alpha value is -2.66. The summed E-state index contributed by atoms with van der Waals surface area (Å²) in [6.07, 6.45) is 0. The molecule has 0 spiro atoms. The minimum atomic E-state index is -3.24. The summed E-state index contributed by atoms with van der Waals surface area (Å²) in [5.74, 6) is 0.0872. The number of para-hydroxylation sites is 1. The van der Waals surface area contributed by atoms with Crippen molar-refractivity contribution in [3.05, 3.63) is 60.2 Å². The van der Waals surface area contributed by atoms with Crippen molar-refractivity contribution < 1.29 is 8.42 Å². The number of aromatic nitrogens is 2. The quantitative estimate of drug-likeness (QED) is 0.592. The highest BCUT2D eigenvalue weighted by Crippen LogP contribution is 2.30. The van der Waals surface area contributed by atoms with Crippen molar-refractivity contribution >= 4 is 31.8 Å². The van der Waals surface area contributed by atoms with Crippen molar-refractivity contribution in [1.82, 2.24) is 9.97 Å². The fourth-order valence-corrected chi connectivity index (χ4v) is 4.09. The van der Waals surface area contributed by atoms with Crippen LogP contribution in [0.4, 0.5) is 0 Å². The third-order valence-electron chi connectivity index (χ3n) is 4.53. The van der Waals surface area contributed by atoms with Crippen molar-refractivity contribution in [1.29, 1.82) is 0 Å². The summed E-state index contributed by atoms with van der Waals surface area (Å²) in [6.45, 7) is 3.66. The zero-order valence-corrected chi connectivity index (χ0v) is 14.9. The van der Waals surface area contributed by atoms with Crippen molar-refractivity contribution in [2.75, 3.05) is 5.75 Å². The van der Waals surface area contributed by atoms with Crippen molar-refractivity contribution in [2.45, 2.75) is 18.7 Å². The number of fused-ring (bicyclic) bond motifs is 3. The molecule has 0 fully saturated rings. The summed E-state index contributed by atoms with van der Waals surface area (Å²) in [5, 5.41) is 2.22. The maximum absolute atomic E-state index is 12.2. The molecule has 4 nitrogen and oxygen atoms in total. The lowest BCUT2D eigenvalue weighted by Crippen LogP contribution is -2.03. The molecule has 0 atom stereocenters. The number of nitrogens with one attached hydrogen (secondary N) is 1. The second-order valence-corrected chi connectivity index (χ2v) is 8.43. The van der Waals surface area contributed by atoms with E-state index in [9.17, 15) is 8.42 Å². The molecule has 2 heterocycles. The lowest BCUT2D eigenvalue weighted by atomic mass is 10.0. The van der Waals surface area contributed by atoms with Crippen LogP contribution in [0.3, 0.4) is 0 Å². The van der Waals surface area contributed by atoms with Gasteiger partial charge in [0.15, 0.2) is 9.84 Å². The Bertz CT molecular complexity index is 1210. The lowest BCUT2D eigenvalue weighted by molar-refractivity contribution is 0.597. The third-order valence-corrected chi connectivity index (χ3v) is 6.26. The molecule has 4 rings (SSSR count). The Balaban J connectivity index is 1.94. The second kappa shape index (κ2) is 5.70. The Labute approximate surface area is 146 Å². The van der Waals surface area contributed by atoms with Crippen LogP contribution in [0.2, 0.25) is 0 Å². The molecule has 5 heteroatoms. The number of H-pyrrole nitrogens is 1. The van der Waals surface area contributed by atoms with Gasteiger partial charge in [0.2, 0.25) is 0 Å². The maximum Gasteiger partial charge on any atom is 0.178 e. The Morgan fingerprint density at radius 3 is 2.60 bits per heavy atom. The molecule has 0 radical (unpaired) electrons. The van der Waals surface area contributed by atoms with Crippen LogP contribution in [0.5, 0.6) is 0 Å². The number of rotatable bonds is 3. The predicted octanol–water partition coefficient (Wildman–Crippen LogP) is 4.49. The van der Waals surface area contributed by atoms with Gasteiger partial charge < -0.3 is 4.98 Å². The smallest absolute Gasteiger partial charge is 0.178 e. The first-order chi connectivity index (χ1) is 12.0. The van der Waals surface area contributed by atoms with E-state index in [1.54, 1.807) is 25.1 Å². The molecular formula is C20H18N2O2S. The Morgan fingerprint density at radius 2 is 1.80 bits per heavy atom. The summed E-state index contributed by atoms with van der Waals surface area (Å²) in [7, 11) is -3.24. The van der Waals surface area contributed by atoms with Crippen molar-refractivity contribution in [3.63, 3.8) is 0 Å². The maximum atomic E-state index is 12.2. The van der Waals surface area contributed by atoms with E-state index in [-0.39, 0.29) is 5.75 Å². The molecule has 0 saturated carbocycles. The van der Waals surface area contributed by atoms with Gasteiger partial charge in [-0.15, -0.1) is 0 Å². The molecular weight excluding hydrogens is 332 g/mol.